The lowest BCUT2D eigenvalue weighted by molar-refractivity contribution is -0.274. The number of nitrogens with one attached hydrogen (secondary N) is 1. The zero-order chi connectivity index (χ0) is 29.6. The Morgan fingerprint density at radius 3 is 2.42 bits per heavy atom. The lowest BCUT2D eigenvalue weighted by Crippen LogP contribution is -2.40. The van der Waals surface area contributed by atoms with Crippen molar-refractivity contribution in [1.29, 1.82) is 0 Å². The first-order chi connectivity index (χ1) is 18.5. The van der Waals surface area contributed by atoms with Crippen molar-refractivity contribution in [3.05, 3.63) is 47.8 Å². The predicted molar refractivity (Wildman–Crippen MR) is 141 cm³/mol. The van der Waals surface area contributed by atoms with Gasteiger partial charge in [-0.1, -0.05) is 20.8 Å². The van der Waals surface area contributed by atoms with Crippen LogP contribution in [0, 0.1) is 17.2 Å². The number of carboxylic acids is 1. The Labute approximate surface area is 228 Å². The van der Waals surface area contributed by atoms with E-state index in [1.54, 1.807) is 0 Å². The lowest BCUT2D eigenvalue weighted by atomic mass is 9.70. The van der Waals surface area contributed by atoms with E-state index in [1.165, 1.54) is 50.4 Å². The standard InChI is InChI=1S/C28H32F4N4O4/c1-15-10-18(14-27(3,4)13-15)36-23-12-21(29)20(24(37)35(5)16(2)25(38)39)11-22(23)34-26(36)33-17-6-8-19(9-7-17)40-28(30,31)32/h6-9,11-12,15-16,18H,10,13-14H2,1-5H3,(H,33,34)(H,38,39)/t15-,16?,18+/m1/s1. The van der Waals surface area contributed by atoms with Crippen LogP contribution >= 0.6 is 0 Å². The van der Waals surface area contributed by atoms with Gasteiger partial charge in [0.25, 0.3) is 5.91 Å². The van der Waals surface area contributed by atoms with Crippen LogP contribution in [0.1, 0.15) is 63.4 Å². The maximum Gasteiger partial charge on any atom is 0.573 e. The van der Waals surface area contributed by atoms with E-state index >= 15 is 4.39 Å². The molecule has 3 aromatic rings. The van der Waals surface area contributed by atoms with Gasteiger partial charge >= 0.3 is 12.3 Å². The number of aromatic nitrogens is 2. The van der Waals surface area contributed by atoms with Gasteiger partial charge in [-0.15, -0.1) is 13.2 Å². The van der Waals surface area contributed by atoms with Gasteiger partial charge in [-0.25, -0.2) is 14.2 Å². The number of benzene rings is 2. The Morgan fingerprint density at radius 2 is 1.85 bits per heavy atom. The fourth-order valence-corrected chi connectivity index (χ4v) is 5.63. The summed E-state index contributed by atoms with van der Waals surface area (Å²) < 4.78 is 59.0. The Hall–Kier alpha value is -3.83. The van der Waals surface area contributed by atoms with Gasteiger partial charge < -0.3 is 24.6 Å². The molecular weight excluding hydrogens is 532 g/mol. The molecule has 2 N–H and O–H groups in total. The minimum absolute atomic E-state index is 0.00306. The first-order valence-electron chi connectivity index (χ1n) is 12.9. The topological polar surface area (TPSA) is 96.7 Å². The fourth-order valence-electron chi connectivity index (χ4n) is 5.63. The molecule has 1 amide bonds. The molecule has 40 heavy (non-hydrogen) atoms. The summed E-state index contributed by atoms with van der Waals surface area (Å²) in [6.07, 6.45) is -2.23. The van der Waals surface area contributed by atoms with Crippen molar-refractivity contribution in [2.24, 2.45) is 11.3 Å². The molecule has 1 heterocycles. The van der Waals surface area contributed by atoms with Crippen molar-refractivity contribution in [2.75, 3.05) is 12.4 Å². The van der Waals surface area contributed by atoms with Crippen LogP contribution in [0.5, 0.6) is 5.75 Å². The minimum atomic E-state index is -4.82. The number of hydrogen-bond donors (Lipinski definition) is 2. The van der Waals surface area contributed by atoms with Crippen LogP contribution in [0.15, 0.2) is 36.4 Å². The number of alkyl halides is 3. The summed E-state index contributed by atoms with van der Waals surface area (Å²) in [7, 11) is 1.29. The number of carboxylic acid groups (broad SMARTS) is 1. The first-order valence-corrected chi connectivity index (χ1v) is 12.9. The molecule has 1 aromatic heterocycles. The molecule has 0 saturated heterocycles. The summed E-state index contributed by atoms with van der Waals surface area (Å²) in [6, 6.07) is 6.45. The summed E-state index contributed by atoms with van der Waals surface area (Å²) >= 11 is 0. The number of halogens is 4. The number of imidazole rings is 1. The van der Waals surface area contributed by atoms with Gasteiger partial charge in [0, 0.05) is 24.8 Å². The van der Waals surface area contributed by atoms with Gasteiger partial charge in [-0.3, -0.25) is 4.79 Å². The van der Waals surface area contributed by atoms with Crippen LogP contribution in [0.2, 0.25) is 0 Å². The number of amides is 1. The molecule has 1 saturated carbocycles. The van der Waals surface area contributed by atoms with Crippen LogP contribution in [0.4, 0.5) is 29.2 Å². The number of aliphatic carboxylic acids is 1. The van der Waals surface area contributed by atoms with Gasteiger partial charge in [0.1, 0.15) is 17.6 Å². The van der Waals surface area contributed by atoms with Gasteiger partial charge in [0.15, 0.2) is 0 Å². The molecule has 0 aliphatic heterocycles. The number of fused-ring (bicyclic) bond motifs is 1. The third-order valence-corrected chi connectivity index (χ3v) is 7.34. The number of hydrogen-bond acceptors (Lipinski definition) is 5. The maximum atomic E-state index is 15.4. The van der Waals surface area contributed by atoms with E-state index in [2.05, 4.69) is 35.8 Å². The lowest BCUT2D eigenvalue weighted by Gasteiger charge is -2.40. The number of rotatable bonds is 7. The summed E-state index contributed by atoms with van der Waals surface area (Å²) in [5.74, 6) is -2.51. The van der Waals surface area contributed by atoms with E-state index in [9.17, 15) is 27.9 Å². The molecule has 12 heteroatoms. The molecule has 3 atom stereocenters. The SMILES string of the molecule is CC(C(=O)O)N(C)C(=O)c1cc2nc(Nc3ccc(OC(F)(F)F)cc3)n([C@H]3C[C@@H](C)CC(C)(C)C3)c2cc1F. The molecule has 0 radical (unpaired) electrons. The highest BCUT2D eigenvalue weighted by Gasteiger charge is 2.35. The Kier molecular flexibility index (Phi) is 7.75. The van der Waals surface area contributed by atoms with Crippen molar-refractivity contribution in [1.82, 2.24) is 14.5 Å². The zero-order valence-corrected chi connectivity index (χ0v) is 22.8. The third-order valence-electron chi connectivity index (χ3n) is 7.34. The summed E-state index contributed by atoms with van der Waals surface area (Å²) in [6.45, 7) is 7.80. The Morgan fingerprint density at radius 1 is 1.20 bits per heavy atom. The molecule has 1 unspecified atom stereocenters. The second-order valence-electron chi connectivity index (χ2n) is 11.3. The number of carbonyl (C=O) groups excluding carboxylic acids is 1. The van der Waals surface area contributed by atoms with E-state index < -0.39 is 30.1 Å². The second kappa shape index (κ2) is 10.6. The van der Waals surface area contributed by atoms with Crippen LogP contribution < -0.4 is 10.1 Å². The number of ether oxygens (including phenoxy) is 1. The van der Waals surface area contributed by atoms with Gasteiger partial charge in [-0.2, -0.15) is 0 Å². The average Bonchev–Trinajstić information content (AvgIpc) is 3.17. The zero-order valence-electron chi connectivity index (χ0n) is 22.8. The number of nitrogens with zero attached hydrogens (tertiary/aromatic N) is 3. The van der Waals surface area contributed by atoms with E-state index in [4.69, 9.17) is 0 Å². The fraction of sp³-hybridized carbons (Fsp3) is 0.464. The van der Waals surface area contributed by atoms with Gasteiger partial charge in [0.2, 0.25) is 5.95 Å². The van der Waals surface area contributed by atoms with Crippen LogP contribution in [-0.2, 0) is 4.79 Å². The highest BCUT2D eigenvalue weighted by atomic mass is 19.4. The van der Waals surface area contributed by atoms with Crippen molar-refractivity contribution in [3.63, 3.8) is 0 Å². The largest absolute Gasteiger partial charge is 0.573 e. The average molecular weight is 565 g/mol. The molecule has 8 nitrogen and oxygen atoms in total. The number of carbonyl (C=O) groups is 2. The molecule has 1 aliphatic carbocycles. The Balaban J connectivity index is 1.78. The molecule has 1 aliphatic rings. The monoisotopic (exact) mass is 564 g/mol. The van der Waals surface area contributed by atoms with E-state index in [1.807, 2.05) is 4.57 Å². The predicted octanol–water partition coefficient (Wildman–Crippen LogP) is 6.75. The minimum Gasteiger partial charge on any atom is -0.480 e. The molecule has 0 spiro atoms. The Bertz CT molecular complexity index is 1420. The molecule has 2 aromatic carbocycles. The van der Waals surface area contributed by atoms with Crippen molar-refractivity contribution in [2.45, 2.75) is 65.4 Å². The van der Waals surface area contributed by atoms with Crippen LogP contribution in [0.3, 0.4) is 0 Å². The van der Waals surface area contributed by atoms with Crippen LogP contribution in [-0.4, -0.2) is 50.9 Å². The molecular formula is C28H32F4N4O4. The second-order valence-corrected chi connectivity index (χ2v) is 11.3. The maximum absolute atomic E-state index is 15.4. The first kappa shape index (κ1) is 29.2. The highest BCUT2D eigenvalue weighted by molar-refractivity contribution is 5.99. The summed E-state index contributed by atoms with van der Waals surface area (Å²) in [5.41, 5.74) is 0.872. The highest BCUT2D eigenvalue weighted by Crippen LogP contribution is 2.46. The van der Waals surface area contributed by atoms with E-state index in [-0.39, 0.29) is 22.8 Å². The molecule has 4 rings (SSSR count). The summed E-state index contributed by atoms with van der Waals surface area (Å²) in [5, 5.41) is 12.4. The van der Waals surface area contributed by atoms with Crippen molar-refractivity contribution in [3.8, 4) is 5.75 Å². The molecule has 216 valence electrons. The smallest absolute Gasteiger partial charge is 0.480 e. The normalized spacial score (nSPS) is 19.7. The number of likely N-dealkylation sites (N-methyl/N-ethyl adjacent to an activating group) is 1. The number of anilines is 2. The third kappa shape index (κ3) is 6.31. The van der Waals surface area contributed by atoms with Gasteiger partial charge in [-0.05, 0) is 67.9 Å². The van der Waals surface area contributed by atoms with E-state index in [0.717, 1.165) is 24.2 Å². The van der Waals surface area contributed by atoms with Crippen molar-refractivity contribution >= 4 is 34.5 Å². The van der Waals surface area contributed by atoms with E-state index in [0.29, 0.717) is 28.6 Å². The van der Waals surface area contributed by atoms with Crippen LogP contribution in [0.25, 0.3) is 11.0 Å². The summed E-state index contributed by atoms with van der Waals surface area (Å²) in [4.78, 5) is 29.9. The molecule has 0 bridgehead atoms. The molecule has 1 fully saturated rings. The van der Waals surface area contributed by atoms with Crippen molar-refractivity contribution < 1.29 is 37.0 Å². The quantitative estimate of drug-likeness (QED) is 0.308. The van der Waals surface area contributed by atoms with Gasteiger partial charge in [0.05, 0.1) is 16.6 Å².